The highest BCUT2D eigenvalue weighted by molar-refractivity contribution is 6.30. The molecule has 0 bridgehead atoms. The van der Waals surface area contributed by atoms with E-state index in [9.17, 15) is 8.78 Å². The van der Waals surface area contributed by atoms with E-state index in [1.807, 2.05) is 0 Å². The van der Waals surface area contributed by atoms with Gasteiger partial charge in [0.25, 0.3) is 0 Å². The first kappa shape index (κ1) is 11.8. The van der Waals surface area contributed by atoms with Crippen LogP contribution in [0.15, 0.2) is 12.1 Å². The Hall–Kier alpha value is -0.670. The van der Waals surface area contributed by atoms with E-state index < -0.39 is 11.6 Å². The number of halogens is 3. The van der Waals surface area contributed by atoms with Gasteiger partial charge in [0, 0.05) is 6.04 Å². The lowest BCUT2D eigenvalue weighted by Gasteiger charge is -2.28. The standard InChI is InChI=1S/C12H14ClF2N/c1-7-2-3-11(16-6-7)8-4-9(13)12(15)10(14)5-8/h4-5,7,11,16H,2-3,6H2,1H3/t7-,11+/m1/s1. The van der Waals surface area contributed by atoms with Crippen LogP contribution in [-0.4, -0.2) is 6.54 Å². The highest BCUT2D eigenvalue weighted by Crippen LogP contribution is 2.29. The Morgan fingerprint density at radius 3 is 2.62 bits per heavy atom. The molecule has 0 amide bonds. The Morgan fingerprint density at radius 2 is 2.06 bits per heavy atom. The fourth-order valence-corrected chi connectivity index (χ4v) is 2.28. The maximum absolute atomic E-state index is 13.2. The van der Waals surface area contributed by atoms with Gasteiger partial charge in [-0.15, -0.1) is 0 Å². The first-order valence-corrected chi connectivity index (χ1v) is 5.83. The van der Waals surface area contributed by atoms with Crippen molar-refractivity contribution >= 4 is 11.6 Å². The normalized spacial score (nSPS) is 25.8. The molecule has 1 saturated heterocycles. The van der Waals surface area contributed by atoms with E-state index in [1.165, 1.54) is 12.1 Å². The topological polar surface area (TPSA) is 12.0 Å². The fraction of sp³-hybridized carbons (Fsp3) is 0.500. The Kier molecular flexibility index (Phi) is 3.45. The molecule has 1 aromatic carbocycles. The summed E-state index contributed by atoms with van der Waals surface area (Å²) >= 11 is 5.62. The number of benzene rings is 1. The second-order valence-electron chi connectivity index (χ2n) is 4.44. The predicted molar refractivity (Wildman–Crippen MR) is 60.5 cm³/mol. The van der Waals surface area contributed by atoms with Gasteiger partial charge in [0.05, 0.1) is 5.02 Å². The van der Waals surface area contributed by atoms with Crippen LogP contribution >= 0.6 is 11.6 Å². The second-order valence-corrected chi connectivity index (χ2v) is 4.85. The van der Waals surface area contributed by atoms with E-state index in [0.29, 0.717) is 5.92 Å². The van der Waals surface area contributed by atoms with Crippen molar-refractivity contribution in [2.75, 3.05) is 6.54 Å². The van der Waals surface area contributed by atoms with Gasteiger partial charge in [-0.3, -0.25) is 0 Å². The summed E-state index contributed by atoms with van der Waals surface area (Å²) < 4.78 is 26.2. The maximum atomic E-state index is 13.2. The molecule has 1 aromatic rings. The molecule has 88 valence electrons. The summed E-state index contributed by atoms with van der Waals surface area (Å²) in [6, 6.07) is 2.83. The molecule has 1 heterocycles. The molecular formula is C12H14ClF2N. The number of nitrogens with one attached hydrogen (secondary N) is 1. The first-order valence-electron chi connectivity index (χ1n) is 5.45. The van der Waals surface area contributed by atoms with Crippen LogP contribution in [0, 0.1) is 17.6 Å². The Morgan fingerprint density at radius 1 is 1.31 bits per heavy atom. The lowest BCUT2D eigenvalue weighted by molar-refractivity contribution is 0.332. The summed E-state index contributed by atoms with van der Waals surface area (Å²) in [6.07, 6.45) is 2.02. The third-order valence-electron chi connectivity index (χ3n) is 3.07. The molecule has 1 N–H and O–H groups in total. The smallest absolute Gasteiger partial charge is 0.177 e. The van der Waals surface area contributed by atoms with Gasteiger partial charge in [0.15, 0.2) is 11.6 Å². The highest BCUT2D eigenvalue weighted by Gasteiger charge is 2.21. The molecule has 0 spiro atoms. The zero-order valence-corrected chi connectivity index (χ0v) is 9.82. The third-order valence-corrected chi connectivity index (χ3v) is 3.34. The van der Waals surface area contributed by atoms with Crippen molar-refractivity contribution in [3.63, 3.8) is 0 Å². The van der Waals surface area contributed by atoms with Crippen molar-refractivity contribution in [1.82, 2.24) is 5.32 Å². The Balaban J connectivity index is 2.21. The largest absolute Gasteiger partial charge is 0.310 e. The minimum Gasteiger partial charge on any atom is -0.310 e. The van der Waals surface area contributed by atoms with E-state index >= 15 is 0 Å². The SMILES string of the molecule is C[C@@H]1CC[C@@H](c2cc(F)c(F)c(Cl)c2)NC1. The van der Waals surface area contributed by atoms with E-state index in [0.717, 1.165) is 24.9 Å². The van der Waals surface area contributed by atoms with E-state index in [4.69, 9.17) is 11.6 Å². The van der Waals surface area contributed by atoms with Crippen molar-refractivity contribution in [2.45, 2.75) is 25.8 Å². The van der Waals surface area contributed by atoms with Crippen molar-refractivity contribution in [1.29, 1.82) is 0 Å². The van der Waals surface area contributed by atoms with Gasteiger partial charge < -0.3 is 5.32 Å². The molecule has 16 heavy (non-hydrogen) atoms. The first-order chi connectivity index (χ1) is 7.58. The van der Waals surface area contributed by atoms with Crippen LogP contribution in [0.1, 0.15) is 31.4 Å². The molecule has 0 radical (unpaired) electrons. The number of rotatable bonds is 1. The molecule has 0 aromatic heterocycles. The maximum Gasteiger partial charge on any atom is 0.177 e. The number of hydrogen-bond donors (Lipinski definition) is 1. The van der Waals surface area contributed by atoms with Crippen LogP contribution in [0.2, 0.25) is 5.02 Å². The van der Waals surface area contributed by atoms with E-state index in [2.05, 4.69) is 12.2 Å². The van der Waals surface area contributed by atoms with Crippen LogP contribution in [0.5, 0.6) is 0 Å². The summed E-state index contributed by atoms with van der Waals surface area (Å²) in [7, 11) is 0. The Bertz CT molecular complexity index is 364. The summed E-state index contributed by atoms with van der Waals surface area (Å²) in [5.74, 6) is -1.20. The number of piperidine rings is 1. The average molecular weight is 246 g/mol. The minimum atomic E-state index is -0.963. The van der Waals surface area contributed by atoms with Crippen molar-refractivity contribution in [3.05, 3.63) is 34.4 Å². The quantitative estimate of drug-likeness (QED) is 0.745. The van der Waals surface area contributed by atoms with Gasteiger partial charge in [-0.2, -0.15) is 0 Å². The molecule has 0 unspecified atom stereocenters. The molecule has 2 atom stereocenters. The van der Waals surface area contributed by atoms with Crippen LogP contribution in [0.3, 0.4) is 0 Å². The molecular weight excluding hydrogens is 232 g/mol. The van der Waals surface area contributed by atoms with Crippen molar-refractivity contribution < 1.29 is 8.78 Å². The molecule has 2 rings (SSSR count). The molecule has 1 nitrogen and oxygen atoms in total. The number of hydrogen-bond acceptors (Lipinski definition) is 1. The van der Waals surface area contributed by atoms with Crippen LogP contribution < -0.4 is 5.32 Å². The van der Waals surface area contributed by atoms with Gasteiger partial charge in [-0.1, -0.05) is 18.5 Å². The zero-order chi connectivity index (χ0) is 11.7. The summed E-state index contributed by atoms with van der Waals surface area (Å²) in [5, 5.41) is 3.17. The molecule has 1 aliphatic heterocycles. The zero-order valence-electron chi connectivity index (χ0n) is 9.06. The third kappa shape index (κ3) is 2.36. The monoisotopic (exact) mass is 245 g/mol. The summed E-state index contributed by atoms with van der Waals surface area (Å²) in [6.45, 7) is 3.07. The fourth-order valence-electron chi connectivity index (χ4n) is 2.06. The van der Waals surface area contributed by atoms with E-state index in [-0.39, 0.29) is 11.1 Å². The van der Waals surface area contributed by atoms with Crippen LogP contribution in [0.25, 0.3) is 0 Å². The van der Waals surface area contributed by atoms with Gasteiger partial charge in [-0.05, 0) is 43.0 Å². The second kappa shape index (κ2) is 4.68. The highest BCUT2D eigenvalue weighted by atomic mass is 35.5. The molecule has 1 aliphatic rings. The molecule has 1 fully saturated rings. The Labute approximate surface area is 98.8 Å². The van der Waals surface area contributed by atoms with Gasteiger partial charge in [0.1, 0.15) is 0 Å². The molecule has 0 aliphatic carbocycles. The molecule has 0 saturated carbocycles. The minimum absolute atomic E-state index is 0.0869. The molecule has 4 heteroatoms. The lowest BCUT2D eigenvalue weighted by atomic mass is 9.92. The van der Waals surface area contributed by atoms with Crippen LogP contribution in [0.4, 0.5) is 8.78 Å². The van der Waals surface area contributed by atoms with Gasteiger partial charge in [-0.25, -0.2) is 8.78 Å². The van der Waals surface area contributed by atoms with Crippen molar-refractivity contribution in [2.24, 2.45) is 5.92 Å². The lowest BCUT2D eigenvalue weighted by Crippen LogP contribution is -2.31. The predicted octanol–water partition coefficient (Wildman–Crippen LogP) is 3.68. The van der Waals surface area contributed by atoms with Gasteiger partial charge >= 0.3 is 0 Å². The van der Waals surface area contributed by atoms with Crippen molar-refractivity contribution in [3.8, 4) is 0 Å². The average Bonchev–Trinajstić information content (AvgIpc) is 2.26. The van der Waals surface area contributed by atoms with Crippen LogP contribution in [-0.2, 0) is 0 Å². The van der Waals surface area contributed by atoms with Gasteiger partial charge in [0.2, 0.25) is 0 Å². The summed E-state index contributed by atoms with van der Waals surface area (Å²) in [5.41, 5.74) is 0.732. The van der Waals surface area contributed by atoms with E-state index in [1.54, 1.807) is 0 Å². The summed E-state index contributed by atoms with van der Waals surface area (Å²) in [4.78, 5) is 0.